The van der Waals surface area contributed by atoms with Crippen LogP contribution in [-0.4, -0.2) is 62.0 Å². The Labute approximate surface area is 124 Å². The zero-order valence-corrected chi connectivity index (χ0v) is 12.8. The first-order valence-electron chi connectivity index (χ1n) is 6.77. The van der Waals surface area contributed by atoms with Gasteiger partial charge in [0.2, 0.25) is 5.91 Å². The van der Waals surface area contributed by atoms with Crippen molar-refractivity contribution in [2.75, 3.05) is 34.4 Å². The Morgan fingerprint density at radius 2 is 1.86 bits per heavy atom. The van der Waals surface area contributed by atoms with Gasteiger partial charge in [0.15, 0.2) is 11.5 Å². The van der Waals surface area contributed by atoms with Crippen molar-refractivity contribution < 1.29 is 19.1 Å². The van der Waals surface area contributed by atoms with Crippen LogP contribution in [0.15, 0.2) is 18.2 Å². The van der Waals surface area contributed by atoms with Crippen LogP contribution in [0.25, 0.3) is 0 Å². The molecule has 1 saturated heterocycles. The third-order valence-corrected chi connectivity index (χ3v) is 3.77. The van der Waals surface area contributed by atoms with Crippen LogP contribution in [0.4, 0.5) is 0 Å². The molecular formula is C15H20N2O4. The molecular weight excluding hydrogens is 272 g/mol. The molecule has 1 fully saturated rings. The maximum Gasteiger partial charge on any atom is 0.254 e. The van der Waals surface area contributed by atoms with Crippen molar-refractivity contribution in [1.29, 1.82) is 0 Å². The van der Waals surface area contributed by atoms with Crippen molar-refractivity contribution in [1.82, 2.24) is 9.80 Å². The largest absolute Gasteiger partial charge is 0.493 e. The summed E-state index contributed by atoms with van der Waals surface area (Å²) < 4.78 is 10.4. The molecule has 6 nitrogen and oxygen atoms in total. The summed E-state index contributed by atoms with van der Waals surface area (Å²) in [5, 5.41) is 0. The van der Waals surface area contributed by atoms with Crippen molar-refractivity contribution >= 4 is 11.8 Å². The van der Waals surface area contributed by atoms with Crippen molar-refractivity contribution in [3.63, 3.8) is 0 Å². The highest BCUT2D eigenvalue weighted by atomic mass is 16.5. The molecule has 0 radical (unpaired) electrons. The maximum atomic E-state index is 12.6. The summed E-state index contributed by atoms with van der Waals surface area (Å²) >= 11 is 0. The molecule has 1 unspecified atom stereocenters. The number of carbonyl (C=O) groups excluding carboxylic acids is 2. The van der Waals surface area contributed by atoms with Gasteiger partial charge in [-0.25, -0.2) is 0 Å². The SMILES string of the molecule is COc1ccc(C(=O)N2CCN(C)C(=O)C2C)cc1OC. The van der Waals surface area contributed by atoms with Crippen molar-refractivity contribution in [3.8, 4) is 11.5 Å². The van der Waals surface area contributed by atoms with Gasteiger partial charge in [0, 0.05) is 25.7 Å². The van der Waals surface area contributed by atoms with E-state index in [1.807, 2.05) is 0 Å². The monoisotopic (exact) mass is 292 g/mol. The first-order valence-corrected chi connectivity index (χ1v) is 6.77. The van der Waals surface area contributed by atoms with Gasteiger partial charge >= 0.3 is 0 Å². The number of benzene rings is 1. The molecule has 1 aliphatic heterocycles. The fourth-order valence-electron chi connectivity index (χ4n) is 2.43. The maximum absolute atomic E-state index is 12.6. The number of likely N-dealkylation sites (N-methyl/N-ethyl adjacent to an activating group) is 1. The van der Waals surface area contributed by atoms with E-state index in [4.69, 9.17) is 9.47 Å². The van der Waals surface area contributed by atoms with E-state index in [1.165, 1.54) is 7.11 Å². The predicted molar refractivity (Wildman–Crippen MR) is 77.7 cm³/mol. The second-order valence-corrected chi connectivity index (χ2v) is 5.00. The Hall–Kier alpha value is -2.24. The van der Waals surface area contributed by atoms with Gasteiger partial charge in [-0.1, -0.05) is 0 Å². The lowest BCUT2D eigenvalue weighted by atomic mass is 10.1. The van der Waals surface area contributed by atoms with Gasteiger partial charge in [-0.3, -0.25) is 9.59 Å². The van der Waals surface area contributed by atoms with Gasteiger partial charge in [-0.05, 0) is 25.1 Å². The molecule has 114 valence electrons. The van der Waals surface area contributed by atoms with Crippen molar-refractivity contribution in [3.05, 3.63) is 23.8 Å². The van der Waals surface area contributed by atoms with E-state index in [9.17, 15) is 9.59 Å². The molecule has 0 N–H and O–H groups in total. The van der Waals surface area contributed by atoms with E-state index < -0.39 is 6.04 Å². The molecule has 1 aliphatic rings. The molecule has 6 heteroatoms. The minimum atomic E-state index is -0.454. The Bertz CT molecular complexity index is 559. The Morgan fingerprint density at radius 1 is 1.19 bits per heavy atom. The van der Waals surface area contributed by atoms with E-state index in [1.54, 1.807) is 49.1 Å². The first kappa shape index (κ1) is 15.2. The minimum Gasteiger partial charge on any atom is -0.493 e. The molecule has 2 rings (SSSR count). The van der Waals surface area contributed by atoms with Crippen LogP contribution in [0.5, 0.6) is 11.5 Å². The average Bonchev–Trinajstić information content (AvgIpc) is 2.51. The highest BCUT2D eigenvalue weighted by molar-refractivity contribution is 5.98. The van der Waals surface area contributed by atoms with Crippen molar-refractivity contribution in [2.24, 2.45) is 0 Å². The summed E-state index contributed by atoms with van der Waals surface area (Å²) in [6.45, 7) is 2.81. The third-order valence-electron chi connectivity index (χ3n) is 3.77. The average molecular weight is 292 g/mol. The van der Waals surface area contributed by atoms with Gasteiger partial charge in [-0.15, -0.1) is 0 Å². The summed E-state index contributed by atoms with van der Waals surface area (Å²) in [7, 11) is 4.81. The van der Waals surface area contributed by atoms with Crippen LogP contribution >= 0.6 is 0 Å². The lowest BCUT2D eigenvalue weighted by Crippen LogP contribution is -2.56. The number of amides is 2. The Morgan fingerprint density at radius 3 is 2.48 bits per heavy atom. The Kier molecular flexibility index (Phi) is 4.35. The summed E-state index contributed by atoms with van der Waals surface area (Å²) in [4.78, 5) is 27.8. The van der Waals surface area contributed by atoms with Crippen LogP contribution in [0.1, 0.15) is 17.3 Å². The molecule has 0 bridgehead atoms. The highest BCUT2D eigenvalue weighted by Gasteiger charge is 2.33. The third kappa shape index (κ3) is 2.79. The van der Waals surface area contributed by atoms with Crippen LogP contribution in [0.2, 0.25) is 0 Å². The lowest BCUT2D eigenvalue weighted by Gasteiger charge is -2.37. The fourth-order valence-corrected chi connectivity index (χ4v) is 2.43. The topological polar surface area (TPSA) is 59.1 Å². The zero-order chi connectivity index (χ0) is 15.6. The summed E-state index contributed by atoms with van der Waals surface area (Å²) in [5.41, 5.74) is 0.483. The van der Waals surface area contributed by atoms with Crippen LogP contribution in [-0.2, 0) is 4.79 Å². The van der Waals surface area contributed by atoms with E-state index in [2.05, 4.69) is 0 Å². The number of carbonyl (C=O) groups is 2. The molecule has 21 heavy (non-hydrogen) atoms. The molecule has 0 saturated carbocycles. The highest BCUT2D eigenvalue weighted by Crippen LogP contribution is 2.28. The quantitative estimate of drug-likeness (QED) is 0.834. The molecule has 2 amide bonds. The predicted octanol–water partition coefficient (Wildman–Crippen LogP) is 1.01. The second-order valence-electron chi connectivity index (χ2n) is 5.00. The van der Waals surface area contributed by atoms with E-state index in [0.717, 1.165) is 0 Å². The smallest absolute Gasteiger partial charge is 0.254 e. The number of hydrogen-bond donors (Lipinski definition) is 0. The van der Waals surface area contributed by atoms with Crippen LogP contribution < -0.4 is 9.47 Å². The van der Waals surface area contributed by atoms with Gasteiger partial charge in [-0.2, -0.15) is 0 Å². The first-order chi connectivity index (χ1) is 9.99. The van der Waals surface area contributed by atoms with E-state index in [-0.39, 0.29) is 11.8 Å². The van der Waals surface area contributed by atoms with Gasteiger partial charge < -0.3 is 19.3 Å². The molecule has 1 aromatic carbocycles. The molecule has 0 aromatic heterocycles. The standard InChI is InChI=1S/C15H20N2O4/c1-10-14(18)16(2)7-8-17(10)15(19)11-5-6-12(20-3)13(9-11)21-4/h5-6,9-10H,7-8H2,1-4H3. The van der Waals surface area contributed by atoms with Gasteiger partial charge in [0.25, 0.3) is 5.91 Å². The number of methoxy groups -OCH3 is 2. The van der Waals surface area contributed by atoms with Crippen LogP contribution in [0.3, 0.4) is 0 Å². The lowest BCUT2D eigenvalue weighted by molar-refractivity contribution is -0.137. The molecule has 1 heterocycles. The summed E-state index contributed by atoms with van der Waals surface area (Å²) in [5.74, 6) is 0.841. The van der Waals surface area contributed by atoms with Crippen molar-refractivity contribution in [2.45, 2.75) is 13.0 Å². The fraction of sp³-hybridized carbons (Fsp3) is 0.467. The number of rotatable bonds is 3. The molecule has 0 aliphatic carbocycles. The number of nitrogens with zero attached hydrogens (tertiary/aromatic N) is 2. The summed E-state index contributed by atoms with van der Waals surface area (Å²) in [6.07, 6.45) is 0. The van der Waals surface area contributed by atoms with Gasteiger partial charge in [0.05, 0.1) is 14.2 Å². The summed E-state index contributed by atoms with van der Waals surface area (Å²) in [6, 6.07) is 4.55. The Balaban J connectivity index is 2.26. The number of hydrogen-bond acceptors (Lipinski definition) is 4. The second kappa shape index (κ2) is 6.03. The zero-order valence-electron chi connectivity index (χ0n) is 12.8. The number of ether oxygens (including phenoxy) is 2. The normalized spacial score (nSPS) is 18.7. The van der Waals surface area contributed by atoms with E-state index in [0.29, 0.717) is 30.2 Å². The number of piperazine rings is 1. The van der Waals surface area contributed by atoms with Gasteiger partial charge in [0.1, 0.15) is 6.04 Å². The minimum absolute atomic E-state index is 0.0462. The molecule has 1 atom stereocenters. The molecule has 1 aromatic rings. The molecule has 0 spiro atoms. The van der Waals surface area contributed by atoms with Crippen LogP contribution in [0, 0.1) is 0 Å². The van der Waals surface area contributed by atoms with E-state index >= 15 is 0 Å².